The molecule has 0 bridgehead atoms. The number of nitrogens with zero attached hydrogens (tertiary/aromatic N) is 1. The average Bonchev–Trinajstić information content (AvgIpc) is 2.59. The number of carbonyl (C=O) groups is 1. The van der Waals surface area contributed by atoms with E-state index in [1.807, 2.05) is 6.92 Å². The number of amides is 1. The van der Waals surface area contributed by atoms with Gasteiger partial charge in [0.1, 0.15) is 0 Å². The fourth-order valence-electron chi connectivity index (χ4n) is 3.10. The number of hydrogen-bond donors (Lipinski definition) is 1. The second-order valence-electron chi connectivity index (χ2n) is 5.56. The van der Waals surface area contributed by atoms with Gasteiger partial charge >= 0.3 is 0 Å². The molecule has 1 unspecified atom stereocenters. The van der Waals surface area contributed by atoms with Crippen molar-refractivity contribution in [2.75, 3.05) is 13.1 Å². The molecule has 1 saturated carbocycles. The number of hydrogen-bond acceptors (Lipinski definition) is 2. The molecule has 1 heterocycles. The lowest BCUT2D eigenvalue weighted by Gasteiger charge is -2.35. The van der Waals surface area contributed by atoms with Gasteiger partial charge < -0.3 is 10.2 Å². The summed E-state index contributed by atoms with van der Waals surface area (Å²) < 4.78 is 0. The van der Waals surface area contributed by atoms with Crippen molar-refractivity contribution < 1.29 is 4.79 Å². The third-order valence-corrected chi connectivity index (χ3v) is 4.20. The molecule has 17 heavy (non-hydrogen) atoms. The normalized spacial score (nSPS) is 29.6. The first kappa shape index (κ1) is 12.9. The van der Waals surface area contributed by atoms with Gasteiger partial charge in [0.05, 0.1) is 6.04 Å². The molecule has 0 aromatic rings. The Morgan fingerprint density at radius 2 is 1.76 bits per heavy atom. The van der Waals surface area contributed by atoms with E-state index in [4.69, 9.17) is 0 Å². The van der Waals surface area contributed by atoms with Crippen molar-refractivity contribution in [2.24, 2.45) is 0 Å². The van der Waals surface area contributed by atoms with Crippen LogP contribution in [0.3, 0.4) is 0 Å². The summed E-state index contributed by atoms with van der Waals surface area (Å²) in [5.41, 5.74) is 0. The van der Waals surface area contributed by atoms with Crippen LogP contribution in [-0.2, 0) is 4.79 Å². The maximum absolute atomic E-state index is 12.4. The highest BCUT2D eigenvalue weighted by Gasteiger charge is 2.28. The van der Waals surface area contributed by atoms with Crippen molar-refractivity contribution in [3.05, 3.63) is 0 Å². The van der Waals surface area contributed by atoms with E-state index in [-0.39, 0.29) is 6.04 Å². The maximum Gasteiger partial charge on any atom is 0.239 e. The Morgan fingerprint density at radius 3 is 2.47 bits per heavy atom. The molecule has 1 amide bonds. The van der Waals surface area contributed by atoms with Crippen LogP contribution < -0.4 is 5.32 Å². The standard InChI is InChI=1S/C14H26N2O/c1-12-14(17)16(11-7-6-10-15-12)13-8-4-2-3-5-9-13/h12-13,15H,2-11H2,1H3. The molecule has 3 heteroatoms. The summed E-state index contributed by atoms with van der Waals surface area (Å²) >= 11 is 0. The van der Waals surface area contributed by atoms with Crippen molar-refractivity contribution in [1.29, 1.82) is 0 Å². The van der Waals surface area contributed by atoms with Gasteiger partial charge in [-0.1, -0.05) is 25.7 Å². The second kappa shape index (κ2) is 6.39. The molecule has 1 aliphatic heterocycles. The predicted octanol–water partition coefficient (Wildman–Crippen LogP) is 2.31. The third-order valence-electron chi connectivity index (χ3n) is 4.20. The lowest BCUT2D eigenvalue weighted by molar-refractivity contribution is -0.136. The van der Waals surface area contributed by atoms with Crippen LogP contribution >= 0.6 is 0 Å². The van der Waals surface area contributed by atoms with E-state index in [1.54, 1.807) is 0 Å². The largest absolute Gasteiger partial charge is 0.338 e. The third kappa shape index (κ3) is 3.44. The van der Waals surface area contributed by atoms with Crippen LogP contribution in [-0.4, -0.2) is 36.0 Å². The van der Waals surface area contributed by atoms with Crippen LogP contribution in [0.1, 0.15) is 58.3 Å². The van der Waals surface area contributed by atoms with Crippen LogP contribution in [0.4, 0.5) is 0 Å². The van der Waals surface area contributed by atoms with Gasteiger partial charge in [0, 0.05) is 12.6 Å². The maximum atomic E-state index is 12.4. The predicted molar refractivity (Wildman–Crippen MR) is 69.9 cm³/mol. The summed E-state index contributed by atoms with van der Waals surface area (Å²) in [6, 6.07) is 0.533. The van der Waals surface area contributed by atoms with Crippen LogP contribution in [0.2, 0.25) is 0 Å². The van der Waals surface area contributed by atoms with E-state index >= 15 is 0 Å². The van der Waals surface area contributed by atoms with Gasteiger partial charge in [-0.3, -0.25) is 4.79 Å². The molecule has 0 spiro atoms. The first-order valence-electron chi connectivity index (χ1n) is 7.33. The molecule has 1 aliphatic carbocycles. The van der Waals surface area contributed by atoms with Crippen molar-refractivity contribution in [3.8, 4) is 0 Å². The molecule has 2 aliphatic rings. The smallest absolute Gasteiger partial charge is 0.239 e. The molecule has 3 nitrogen and oxygen atoms in total. The highest BCUT2D eigenvalue weighted by Crippen LogP contribution is 2.23. The number of nitrogens with one attached hydrogen (secondary N) is 1. The minimum absolute atomic E-state index is 0.0125. The molecule has 1 atom stereocenters. The van der Waals surface area contributed by atoms with Gasteiger partial charge in [-0.05, 0) is 39.2 Å². The first-order chi connectivity index (χ1) is 8.29. The van der Waals surface area contributed by atoms with Crippen LogP contribution in [0.15, 0.2) is 0 Å². The van der Waals surface area contributed by atoms with E-state index in [2.05, 4.69) is 10.2 Å². The summed E-state index contributed by atoms with van der Waals surface area (Å²) in [5, 5.41) is 3.33. The van der Waals surface area contributed by atoms with Gasteiger partial charge in [-0.25, -0.2) is 0 Å². The molecule has 1 saturated heterocycles. The van der Waals surface area contributed by atoms with Gasteiger partial charge in [-0.2, -0.15) is 0 Å². The fourth-order valence-corrected chi connectivity index (χ4v) is 3.10. The van der Waals surface area contributed by atoms with Crippen LogP contribution in [0, 0.1) is 0 Å². The zero-order chi connectivity index (χ0) is 12.1. The molecule has 0 aromatic heterocycles. The minimum atomic E-state index is 0.0125. The Labute approximate surface area is 105 Å². The zero-order valence-corrected chi connectivity index (χ0v) is 11.1. The Bertz CT molecular complexity index is 247. The quantitative estimate of drug-likeness (QED) is 0.711. The summed E-state index contributed by atoms with van der Waals surface area (Å²) in [6.07, 6.45) is 10.1. The summed E-state index contributed by atoms with van der Waals surface area (Å²) in [7, 11) is 0. The van der Waals surface area contributed by atoms with Gasteiger partial charge in [0.25, 0.3) is 0 Å². The van der Waals surface area contributed by atoms with E-state index < -0.39 is 0 Å². The monoisotopic (exact) mass is 238 g/mol. The highest BCUT2D eigenvalue weighted by molar-refractivity contribution is 5.81. The van der Waals surface area contributed by atoms with Crippen LogP contribution in [0.5, 0.6) is 0 Å². The lowest BCUT2D eigenvalue weighted by atomic mass is 10.0. The second-order valence-corrected chi connectivity index (χ2v) is 5.56. The van der Waals surface area contributed by atoms with Gasteiger partial charge in [0.15, 0.2) is 0 Å². The van der Waals surface area contributed by atoms with E-state index in [9.17, 15) is 4.79 Å². The van der Waals surface area contributed by atoms with Crippen molar-refractivity contribution in [3.63, 3.8) is 0 Å². The number of rotatable bonds is 1. The van der Waals surface area contributed by atoms with Crippen molar-refractivity contribution in [1.82, 2.24) is 10.2 Å². The first-order valence-corrected chi connectivity index (χ1v) is 7.33. The van der Waals surface area contributed by atoms with Crippen molar-refractivity contribution >= 4 is 5.91 Å². The molecule has 0 radical (unpaired) electrons. The Hall–Kier alpha value is -0.570. The van der Waals surface area contributed by atoms with Gasteiger partial charge in [-0.15, -0.1) is 0 Å². The summed E-state index contributed by atoms with van der Waals surface area (Å²) in [5.74, 6) is 0.330. The van der Waals surface area contributed by atoms with Crippen molar-refractivity contribution in [2.45, 2.75) is 70.4 Å². The molecular weight excluding hydrogens is 212 g/mol. The molecule has 98 valence electrons. The van der Waals surface area contributed by atoms with E-state index in [0.717, 1.165) is 19.5 Å². The topological polar surface area (TPSA) is 32.3 Å². The fraction of sp³-hybridized carbons (Fsp3) is 0.929. The zero-order valence-electron chi connectivity index (χ0n) is 11.1. The molecular formula is C14H26N2O. The molecule has 2 fully saturated rings. The SMILES string of the molecule is CC1NCCCCN(C2CCCCCC2)C1=O. The average molecular weight is 238 g/mol. The Morgan fingerprint density at radius 1 is 1.06 bits per heavy atom. The van der Waals surface area contributed by atoms with Gasteiger partial charge in [0.2, 0.25) is 5.91 Å². The van der Waals surface area contributed by atoms with E-state index in [0.29, 0.717) is 11.9 Å². The number of carbonyl (C=O) groups excluding carboxylic acids is 1. The Kier molecular flexibility index (Phi) is 4.84. The minimum Gasteiger partial charge on any atom is -0.338 e. The summed E-state index contributed by atoms with van der Waals surface area (Å²) in [6.45, 7) is 3.98. The van der Waals surface area contributed by atoms with E-state index in [1.165, 1.54) is 44.9 Å². The lowest BCUT2D eigenvalue weighted by Crippen LogP contribution is -2.51. The molecule has 2 rings (SSSR count). The molecule has 1 N–H and O–H groups in total. The Balaban J connectivity index is 2.01. The highest BCUT2D eigenvalue weighted by atomic mass is 16.2. The summed E-state index contributed by atoms with van der Waals surface area (Å²) in [4.78, 5) is 14.6. The molecule has 0 aromatic carbocycles. The van der Waals surface area contributed by atoms with Crippen LogP contribution in [0.25, 0.3) is 0 Å².